The van der Waals surface area contributed by atoms with Crippen LogP contribution in [-0.4, -0.2) is 4.98 Å². The van der Waals surface area contributed by atoms with E-state index in [1.54, 1.807) is 0 Å². The van der Waals surface area contributed by atoms with Crippen molar-refractivity contribution in [1.82, 2.24) is 4.98 Å². The number of benzene rings is 1. The van der Waals surface area contributed by atoms with Crippen molar-refractivity contribution >= 4 is 10.9 Å². The molecule has 2 rings (SSSR count). The lowest BCUT2D eigenvalue weighted by Crippen LogP contribution is -1.79. The first kappa shape index (κ1) is 7.41. The van der Waals surface area contributed by atoms with E-state index in [-0.39, 0.29) is 0 Å². The highest BCUT2D eigenvalue weighted by molar-refractivity contribution is 5.84. The van der Waals surface area contributed by atoms with Gasteiger partial charge in [-0.25, -0.2) is 0 Å². The van der Waals surface area contributed by atoms with Crippen LogP contribution in [0.3, 0.4) is 0 Å². The molecule has 0 amide bonds. The highest BCUT2D eigenvalue weighted by atomic mass is 14.7. The lowest BCUT2D eigenvalue weighted by atomic mass is 10.1. The normalized spacial score (nSPS) is 10.8. The molecule has 0 saturated carbocycles. The van der Waals surface area contributed by atoms with Gasteiger partial charge >= 0.3 is 0 Å². The zero-order chi connectivity index (χ0) is 8.55. The van der Waals surface area contributed by atoms with Crippen LogP contribution in [0.25, 0.3) is 10.9 Å². The summed E-state index contributed by atoms with van der Waals surface area (Å²) in [6.07, 6.45) is 1.11. The van der Waals surface area contributed by atoms with E-state index in [1.165, 1.54) is 22.2 Å². The van der Waals surface area contributed by atoms with Gasteiger partial charge in [-0.05, 0) is 25.0 Å². The first-order valence-corrected chi connectivity index (χ1v) is 4.39. The van der Waals surface area contributed by atoms with Gasteiger partial charge in [0.15, 0.2) is 0 Å². The minimum atomic E-state index is 1.11. The van der Waals surface area contributed by atoms with Gasteiger partial charge in [0.1, 0.15) is 0 Å². The number of hydrogen-bond acceptors (Lipinski definition) is 0. The lowest BCUT2D eigenvalue weighted by Gasteiger charge is -1.93. The van der Waals surface area contributed by atoms with Gasteiger partial charge in [0.05, 0.1) is 0 Å². The smallest absolute Gasteiger partial charge is 0.0458 e. The Kier molecular flexibility index (Phi) is 1.65. The van der Waals surface area contributed by atoms with E-state index in [1.807, 2.05) is 0 Å². The quantitative estimate of drug-likeness (QED) is 0.658. The SMILES string of the molecule is CCc1c(C)[nH]c2ccccc12. The maximum absolute atomic E-state index is 3.38. The Hall–Kier alpha value is -1.24. The van der Waals surface area contributed by atoms with Gasteiger partial charge in [-0.1, -0.05) is 25.1 Å². The molecule has 1 aromatic heterocycles. The molecule has 12 heavy (non-hydrogen) atoms. The van der Waals surface area contributed by atoms with Crippen LogP contribution >= 0.6 is 0 Å². The molecule has 2 aromatic rings. The molecule has 0 unspecified atom stereocenters. The summed E-state index contributed by atoms with van der Waals surface area (Å²) in [5, 5.41) is 1.37. The summed E-state index contributed by atoms with van der Waals surface area (Å²) in [6.45, 7) is 4.33. The van der Waals surface area contributed by atoms with E-state index in [0.717, 1.165) is 6.42 Å². The fourth-order valence-corrected chi connectivity index (χ4v) is 1.79. The van der Waals surface area contributed by atoms with Crippen molar-refractivity contribution in [3.05, 3.63) is 35.5 Å². The maximum Gasteiger partial charge on any atom is 0.0458 e. The molecule has 0 aliphatic heterocycles. The second-order valence-electron chi connectivity index (χ2n) is 3.13. The Morgan fingerprint density at radius 2 is 2.00 bits per heavy atom. The van der Waals surface area contributed by atoms with E-state index in [9.17, 15) is 0 Å². The predicted molar refractivity (Wildman–Crippen MR) is 52.4 cm³/mol. The molecule has 0 radical (unpaired) electrons. The van der Waals surface area contributed by atoms with Gasteiger partial charge < -0.3 is 4.98 Å². The van der Waals surface area contributed by atoms with Crippen LogP contribution in [0.5, 0.6) is 0 Å². The van der Waals surface area contributed by atoms with Crippen molar-refractivity contribution in [3.8, 4) is 0 Å². The number of aromatic nitrogens is 1. The van der Waals surface area contributed by atoms with Crippen LogP contribution in [0.4, 0.5) is 0 Å². The van der Waals surface area contributed by atoms with Gasteiger partial charge in [0.25, 0.3) is 0 Å². The third-order valence-electron chi connectivity index (χ3n) is 2.38. The zero-order valence-electron chi connectivity index (χ0n) is 7.52. The zero-order valence-corrected chi connectivity index (χ0v) is 7.52. The van der Waals surface area contributed by atoms with Gasteiger partial charge in [0.2, 0.25) is 0 Å². The number of rotatable bonds is 1. The van der Waals surface area contributed by atoms with Crippen molar-refractivity contribution < 1.29 is 0 Å². The third kappa shape index (κ3) is 0.934. The number of nitrogens with one attached hydrogen (secondary N) is 1. The average molecular weight is 159 g/mol. The molecular formula is C11H13N. The number of H-pyrrole nitrogens is 1. The molecule has 0 atom stereocenters. The average Bonchev–Trinajstić information content (AvgIpc) is 2.40. The summed E-state index contributed by atoms with van der Waals surface area (Å²) in [6, 6.07) is 8.46. The Morgan fingerprint density at radius 3 is 2.75 bits per heavy atom. The number of fused-ring (bicyclic) bond motifs is 1. The fraction of sp³-hybridized carbons (Fsp3) is 0.273. The summed E-state index contributed by atoms with van der Waals surface area (Å²) in [7, 11) is 0. The minimum absolute atomic E-state index is 1.11. The van der Waals surface area contributed by atoms with Gasteiger partial charge in [-0.15, -0.1) is 0 Å². The van der Waals surface area contributed by atoms with Crippen molar-refractivity contribution in [1.29, 1.82) is 0 Å². The Bertz CT molecular complexity index is 398. The summed E-state index contributed by atoms with van der Waals surface area (Å²) in [5.74, 6) is 0. The first-order valence-electron chi connectivity index (χ1n) is 4.39. The molecule has 0 bridgehead atoms. The second-order valence-corrected chi connectivity index (χ2v) is 3.13. The van der Waals surface area contributed by atoms with E-state index < -0.39 is 0 Å². The lowest BCUT2D eigenvalue weighted by molar-refractivity contribution is 1.11. The Morgan fingerprint density at radius 1 is 1.25 bits per heavy atom. The van der Waals surface area contributed by atoms with E-state index in [0.29, 0.717) is 0 Å². The minimum Gasteiger partial charge on any atom is -0.358 e. The summed E-state index contributed by atoms with van der Waals surface area (Å²) in [4.78, 5) is 3.38. The van der Waals surface area contributed by atoms with Crippen LogP contribution in [0.2, 0.25) is 0 Å². The van der Waals surface area contributed by atoms with E-state index in [2.05, 4.69) is 43.1 Å². The van der Waals surface area contributed by atoms with Crippen LogP contribution in [0.15, 0.2) is 24.3 Å². The molecule has 0 aliphatic carbocycles. The third-order valence-corrected chi connectivity index (χ3v) is 2.38. The Balaban J connectivity index is 2.81. The molecule has 0 aliphatic rings. The van der Waals surface area contributed by atoms with Crippen molar-refractivity contribution in [2.75, 3.05) is 0 Å². The maximum atomic E-state index is 3.38. The monoisotopic (exact) mass is 159 g/mol. The number of aryl methyl sites for hydroxylation is 2. The van der Waals surface area contributed by atoms with Gasteiger partial charge in [-0.3, -0.25) is 0 Å². The summed E-state index contributed by atoms with van der Waals surface area (Å²) < 4.78 is 0. The molecule has 0 saturated heterocycles. The molecule has 62 valence electrons. The standard InChI is InChI=1S/C11H13N/c1-3-9-8(2)12-11-7-5-4-6-10(9)11/h4-7,12H,3H2,1-2H3. The van der Waals surface area contributed by atoms with E-state index in [4.69, 9.17) is 0 Å². The molecular weight excluding hydrogens is 146 g/mol. The number of aromatic amines is 1. The molecule has 1 N–H and O–H groups in total. The number of hydrogen-bond donors (Lipinski definition) is 1. The molecule has 1 aromatic carbocycles. The molecule has 1 heteroatoms. The van der Waals surface area contributed by atoms with Crippen LogP contribution in [0, 0.1) is 6.92 Å². The van der Waals surface area contributed by atoms with Gasteiger partial charge in [-0.2, -0.15) is 0 Å². The van der Waals surface area contributed by atoms with E-state index >= 15 is 0 Å². The van der Waals surface area contributed by atoms with Gasteiger partial charge in [0, 0.05) is 16.6 Å². The fourth-order valence-electron chi connectivity index (χ4n) is 1.79. The molecule has 1 heterocycles. The topological polar surface area (TPSA) is 15.8 Å². The van der Waals surface area contributed by atoms with Crippen molar-refractivity contribution in [3.63, 3.8) is 0 Å². The first-order chi connectivity index (χ1) is 5.83. The molecule has 1 nitrogen and oxygen atoms in total. The largest absolute Gasteiger partial charge is 0.358 e. The van der Waals surface area contributed by atoms with Crippen LogP contribution < -0.4 is 0 Å². The Labute approximate surface area is 72.4 Å². The van der Waals surface area contributed by atoms with Crippen LogP contribution in [0.1, 0.15) is 18.2 Å². The van der Waals surface area contributed by atoms with Crippen molar-refractivity contribution in [2.45, 2.75) is 20.3 Å². The second kappa shape index (κ2) is 2.67. The molecule has 0 fully saturated rings. The predicted octanol–water partition coefficient (Wildman–Crippen LogP) is 3.04. The highest BCUT2D eigenvalue weighted by Gasteiger charge is 2.03. The summed E-state index contributed by atoms with van der Waals surface area (Å²) in [5.41, 5.74) is 4.01. The highest BCUT2D eigenvalue weighted by Crippen LogP contribution is 2.21. The van der Waals surface area contributed by atoms with Crippen LogP contribution in [-0.2, 0) is 6.42 Å². The number of para-hydroxylation sites is 1. The molecule has 0 spiro atoms. The summed E-state index contributed by atoms with van der Waals surface area (Å²) >= 11 is 0. The van der Waals surface area contributed by atoms with Crippen molar-refractivity contribution in [2.24, 2.45) is 0 Å².